The van der Waals surface area contributed by atoms with Crippen LogP contribution in [0.25, 0.3) is 0 Å². The van der Waals surface area contributed by atoms with E-state index in [2.05, 4.69) is 24.4 Å². The Morgan fingerprint density at radius 2 is 1.88 bits per heavy atom. The molecule has 0 saturated carbocycles. The molecule has 1 aromatic rings. The van der Waals surface area contributed by atoms with E-state index in [1.807, 2.05) is 32.0 Å². The van der Waals surface area contributed by atoms with Crippen LogP contribution in [0.15, 0.2) is 30.3 Å². The third-order valence-electron chi connectivity index (χ3n) is 3.10. The molecule has 0 spiro atoms. The lowest BCUT2D eigenvalue weighted by Gasteiger charge is -2.24. The molecule has 1 rings (SSSR count). The Morgan fingerprint density at radius 1 is 1.31 bits per heavy atom. The highest BCUT2D eigenvalue weighted by Crippen LogP contribution is 2.18. The smallest absolute Gasteiger partial charge is 0.136 e. The zero-order chi connectivity index (χ0) is 12.2. The van der Waals surface area contributed by atoms with Crippen LogP contribution >= 0.6 is 0 Å². The highest BCUT2D eigenvalue weighted by atomic mass is 16.1. The zero-order valence-electron chi connectivity index (χ0n) is 10.6. The average molecular weight is 219 g/mol. The van der Waals surface area contributed by atoms with Gasteiger partial charge in [0.05, 0.1) is 0 Å². The van der Waals surface area contributed by atoms with Gasteiger partial charge in [0.15, 0.2) is 0 Å². The summed E-state index contributed by atoms with van der Waals surface area (Å²) in [6.07, 6.45) is 0. The molecule has 16 heavy (non-hydrogen) atoms. The third-order valence-corrected chi connectivity index (χ3v) is 3.10. The fourth-order valence-electron chi connectivity index (χ4n) is 1.39. The second-order valence-electron chi connectivity index (χ2n) is 4.95. The Balaban J connectivity index is 2.54. The van der Waals surface area contributed by atoms with Crippen LogP contribution in [0.1, 0.15) is 39.3 Å². The van der Waals surface area contributed by atoms with Gasteiger partial charge in [-0.1, -0.05) is 44.2 Å². The molecule has 2 nitrogen and oxygen atoms in total. The van der Waals surface area contributed by atoms with Gasteiger partial charge in [0.1, 0.15) is 5.78 Å². The van der Waals surface area contributed by atoms with Crippen molar-refractivity contribution >= 4 is 5.78 Å². The SMILES string of the molecule is CC(=O)C(C)(C)CNC(C)c1ccccc1. The Hall–Kier alpha value is -1.15. The van der Waals surface area contributed by atoms with Crippen LogP contribution in [0, 0.1) is 5.41 Å². The van der Waals surface area contributed by atoms with Crippen LogP contribution in [0.2, 0.25) is 0 Å². The van der Waals surface area contributed by atoms with Crippen LogP contribution in [-0.2, 0) is 4.79 Å². The number of carbonyl (C=O) groups excluding carboxylic acids is 1. The van der Waals surface area contributed by atoms with Gasteiger partial charge in [-0.3, -0.25) is 4.79 Å². The number of ketones is 1. The van der Waals surface area contributed by atoms with E-state index in [9.17, 15) is 4.79 Å². The van der Waals surface area contributed by atoms with E-state index in [1.165, 1.54) is 5.56 Å². The summed E-state index contributed by atoms with van der Waals surface area (Å²) in [6, 6.07) is 10.5. The van der Waals surface area contributed by atoms with E-state index in [0.717, 1.165) is 0 Å². The van der Waals surface area contributed by atoms with Gasteiger partial charge in [0.2, 0.25) is 0 Å². The Labute approximate surface area is 98.1 Å². The first-order valence-electron chi connectivity index (χ1n) is 5.73. The van der Waals surface area contributed by atoms with Crippen LogP contribution < -0.4 is 5.32 Å². The maximum atomic E-state index is 11.4. The number of carbonyl (C=O) groups is 1. The normalized spacial score (nSPS) is 13.5. The van der Waals surface area contributed by atoms with Crippen LogP contribution in [0.3, 0.4) is 0 Å². The summed E-state index contributed by atoms with van der Waals surface area (Å²) in [4.78, 5) is 11.4. The zero-order valence-corrected chi connectivity index (χ0v) is 10.6. The lowest BCUT2D eigenvalue weighted by Crippen LogP contribution is -2.36. The molecule has 1 aromatic carbocycles. The second kappa shape index (κ2) is 5.26. The first-order valence-corrected chi connectivity index (χ1v) is 5.73. The van der Waals surface area contributed by atoms with E-state index < -0.39 is 0 Å². The van der Waals surface area contributed by atoms with Gasteiger partial charge in [-0.2, -0.15) is 0 Å². The van der Waals surface area contributed by atoms with E-state index in [1.54, 1.807) is 6.92 Å². The summed E-state index contributed by atoms with van der Waals surface area (Å²) in [6.45, 7) is 8.42. The lowest BCUT2D eigenvalue weighted by atomic mass is 9.88. The van der Waals surface area contributed by atoms with Crippen molar-refractivity contribution in [2.45, 2.75) is 33.7 Å². The predicted octanol–water partition coefficient (Wildman–Crippen LogP) is 2.95. The summed E-state index contributed by atoms with van der Waals surface area (Å²) in [7, 11) is 0. The second-order valence-corrected chi connectivity index (χ2v) is 4.95. The van der Waals surface area contributed by atoms with Crippen molar-refractivity contribution in [3.63, 3.8) is 0 Å². The first kappa shape index (κ1) is 12.9. The summed E-state index contributed by atoms with van der Waals surface area (Å²) in [5.74, 6) is 0.222. The Kier molecular flexibility index (Phi) is 4.25. The van der Waals surface area contributed by atoms with Gasteiger partial charge in [0.25, 0.3) is 0 Å². The molecule has 0 radical (unpaired) electrons. The summed E-state index contributed by atoms with van der Waals surface area (Å²) >= 11 is 0. The fourth-order valence-corrected chi connectivity index (χ4v) is 1.39. The molecule has 0 fully saturated rings. The molecule has 0 aliphatic heterocycles. The summed E-state index contributed by atoms with van der Waals surface area (Å²) in [5, 5.41) is 3.40. The van der Waals surface area contributed by atoms with Gasteiger partial charge < -0.3 is 5.32 Å². The fraction of sp³-hybridized carbons (Fsp3) is 0.500. The van der Waals surface area contributed by atoms with Gasteiger partial charge >= 0.3 is 0 Å². The molecule has 0 aromatic heterocycles. The summed E-state index contributed by atoms with van der Waals surface area (Å²) < 4.78 is 0. The number of benzene rings is 1. The molecule has 1 N–H and O–H groups in total. The van der Waals surface area contributed by atoms with Crippen molar-refractivity contribution in [2.24, 2.45) is 5.41 Å². The van der Waals surface area contributed by atoms with E-state index in [4.69, 9.17) is 0 Å². The van der Waals surface area contributed by atoms with Gasteiger partial charge in [-0.25, -0.2) is 0 Å². The van der Waals surface area contributed by atoms with Crippen LogP contribution in [0.5, 0.6) is 0 Å². The van der Waals surface area contributed by atoms with E-state index >= 15 is 0 Å². The maximum Gasteiger partial charge on any atom is 0.136 e. The van der Waals surface area contributed by atoms with Crippen molar-refractivity contribution in [1.29, 1.82) is 0 Å². The number of hydrogen-bond acceptors (Lipinski definition) is 2. The molecule has 0 aliphatic rings. The molecule has 88 valence electrons. The molecule has 0 heterocycles. The minimum atomic E-state index is -0.289. The van der Waals surface area contributed by atoms with Crippen molar-refractivity contribution in [1.82, 2.24) is 5.32 Å². The Bertz CT molecular complexity index is 343. The minimum Gasteiger partial charge on any atom is -0.309 e. The number of nitrogens with one attached hydrogen (secondary N) is 1. The molecule has 2 heteroatoms. The number of hydrogen-bond donors (Lipinski definition) is 1. The minimum absolute atomic E-state index is 0.222. The van der Waals surface area contributed by atoms with Crippen molar-refractivity contribution < 1.29 is 4.79 Å². The lowest BCUT2D eigenvalue weighted by molar-refractivity contribution is -0.124. The highest BCUT2D eigenvalue weighted by molar-refractivity contribution is 5.81. The molecule has 0 saturated heterocycles. The maximum absolute atomic E-state index is 11.4. The molecule has 0 aliphatic carbocycles. The summed E-state index contributed by atoms with van der Waals surface area (Å²) in [5.41, 5.74) is 0.963. The molecular formula is C14H21NO. The van der Waals surface area contributed by atoms with Gasteiger partial charge in [0, 0.05) is 18.0 Å². The molecule has 0 bridgehead atoms. The van der Waals surface area contributed by atoms with Gasteiger partial charge in [-0.05, 0) is 19.4 Å². The monoisotopic (exact) mass is 219 g/mol. The third kappa shape index (κ3) is 3.46. The first-order chi connectivity index (χ1) is 7.43. The van der Waals surface area contributed by atoms with Gasteiger partial charge in [-0.15, -0.1) is 0 Å². The van der Waals surface area contributed by atoms with E-state index in [-0.39, 0.29) is 17.2 Å². The highest BCUT2D eigenvalue weighted by Gasteiger charge is 2.23. The standard InChI is InChI=1S/C14H21NO/c1-11(13-8-6-5-7-9-13)15-10-14(3,4)12(2)16/h5-9,11,15H,10H2,1-4H3. The van der Waals surface area contributed by atoms with Crippen LogP contribution in [-0.4, -0.2) is 12.3 Å². The van der Waals surface area contributed by atoms with Crippen LogP contribution in [0.4, 0.5) is 0 Å². The quantitative estimate of drug-likeness (QED) is 0.825. The Morgan fingerprint density at radius 3 is 2.38 bits per heavy atom. The molecule has 1 atom stereocenters. The van der Waals surface area contributed by atoms with E-state index in [0.29, 0.717) is 6.54 Å². The van der Waals surface area contributed by atoms with Crippen molar-refractivity contribution in [2.75, 3.05) is 6.54 Å². The molecular weight excluding hydrogens is 198 g/mol. The number of Topliss-reactive ketones (excluding diaryl/α,β-unsaturated/α-hetero) is 1. The average Bonchev–Trinajstić information content (AvgIpc) is 2.27. The topological polar surface area (TPSA) is 29.1 Å². The predicted molar refractivity (Wildman–Crippen MR) is 67.3 cm³/mol. The molecule has 1 unspecified atom stereocenters. The number of rotatable bonds is 5. The van der Waals surface area contributed by atoms with Crippen molar-refractivity contribution in [3.8, 4) is 0 Å². The largest absolute Gasteiger partial charge is 0.309 e. The van der Waals surface area contributed by atoms with Crippen molar-refractivity contribution in [3.05, 3.63) is 35.9 Å². The molecule has 0 amide bonds.